The molecule has 1 atom stereocenters. The second kappa shape index (κ2) is 8.01. The van der Waals surface area contributed by atoms with Gasteiger partial charge in [-0.05, 0) is 38.1 Å². The lowest BCUT2D eigenvalue weighted by Crippen LogP contribution is -2.31. The van der Waals surface area contributed by atoms with Crippen molar-refractivity contribution in [1.29, 1.82) is 0 Å². The highest BCUT2D eigenvalue weighted by Crippen LogP contribution is 2.30. The fraction of sp³-hybridized carbons (Fsp3) is 0.438. The Morgan fingerprint density at radius 2 is 1.91 bits per heavy atom. The van der Waals surface area contributed by atoms with E-state index in [1.807, 2.05) is 6.92 Å². The van der Waals surface area contributed by atoms with Gasteiger partial charge >= 0.3 is 5.97 Å². The summed E-state index contributed by atoms with van der Waals surface area (Å²) in [5.74, 6) is -0.191. The average Bonchev–Trinajstić information content (AvgIpc) is 2.81. The molecule has 1 aromatic carbocycles. The molecule has 1 heterocycles. The predicted molar refractivity (Wildman–Crippen MR) is 87.6 cm³/mol. The molecule has 124 valence electrons. The zero-order valence-electron chi connectivity index (χ0n) is 13.1. The summed E-state index contributed by atoms with van der Waals surface area (Å²) in [7, 11) is 0. The lowest BCUT2D eigenvalue weighted by Gasteiger charge is -2.15. The highest BCUT2D eigenvalue weighted by Gasteiger charge is 2.40. The lowest BCUT2D eigenvalue weighted by atomic mass is 10.3. The van der Waals surface area contributed by atoms with Crippen molar-refractivity contribution < 1.29 is 23.9 Å². The van der Waals surface area contributed by atoms with Crippen LogP contribution in [0, 0.1) is 0 Å². The summed E-state index contributed by atoms with van der Waals surface area (Å²) >= 11 is 1.14. The Hall–Kier alpha value is -2.02. The van der Waals surface area contributed by atoms with Crippen molar-refractivity contribution in [3.8, 4) is 5.75 Å². The Kier molecular flexibility index (Phi) is 6.04. The second-order valence-corrected chi connectivity index (χ2v) is 5.99. The van der Waals surface area contributed by atoms with E-state index in [4.69, 9.17) is 9.47 Å². The topological polar surface area (TPSA) is 72.9 Å². The average molecular weight is 337 g/mol. The maximum atomic E-state index is 12.4. The number of hydrogen-bond acceptors (Lipinski definition) is 6. The van der Waals surface area contributed by atoms with Crippen molar-refractivity contribution in [2.24, 2.45) is 0 Å². The van der Waals surface area contributed by atoms with Crippen LogP contribution < -0.4 is 9.64 Å². The molecular formula is C16H19NO5S. The van der Waals surface area contributed by atoms with Crippen LogP contribution in [0.4, 0.5) is 5.69 Å². The molecule has 2 rings (SSSR count). The highest BCUT2D eigenvalue weighted by atomic mass is 32.2. The normalized spacial score (nSPS) is 17.5. The van der Waals surface area contributed by atoms with Crippen LogP contribution in [0.15, 0.2) is 24.3 Å². The SMILES string of the molecule is CCOC(=O)CS[C@H]1CC(=O)N(c2ccc(OCC)cc2)C1=O. The van der Waals surface area contributed by atoms with Gasteiger partial charge in [-0.15, -0.1) is 11.8 Å². The van der Waals surface area contributed by atoms with Crippen LogP contribution in [0.25, 0.3) is 0 Å². The van der Waals surface area contributed by atoms with E-state index in [0.717, 1.165) is 11.8 Å². The number of ether oxygens (including phenoxy) is 2. The molecule has 0 saturated carbocycles. The molecule has 0 radical (unpaired) electrons. The number of nitrogens with zero attached hydrogens (tertiary/aromatic N) is 1. The zero-order chi connectivity index (χ0) is 16.8. The van der Waals surface area contributed by atoms with Crippen molar-refractivity contribution in [2.75, 3.05) is 23.9 Å². The van der Waals surface area contributed by atoms with Gasteiger partial charge in [0.15, 0.2) is 0 Å². The first-order chi connectivity index (χ1) is 11.1. The number of imide groups is 1. The molecule has 1 aliphatic heterocycles. The number of rotatable bonds is 7. The molecule has 1 saturated heterocycles. The summed E-state index contributed by atoms with van der Waals surface area (Å²) in [5.41, 5.74) is 0.516. The number of carbonyl (C=O) groups is 3. The Balaban J connectivity index is 2.01. The third-order valence-electron chi connectivity index (χ3n) is 3.22. The number of carbonyl (C=O) groups excluding carboxylic acids is 3. The van der Waals surface area contributed by atoms with Crippen molar-refractivity contribution in [3.63, 3.8) is 0 Å². The fourth-order valence-corrected chi connectivity index (χ4v) is 3.16. The van der Waals surface area contributed by atoms with Gasteiger partial charge in [0, 0.05) is 6.42 Å². The Morgan fingerprint density at radius 1 is 1.22 bits per heavy atom. The van der Waals surface area contributed by atoms with Gasteiger partial charge < -0.3 is 9.47 Å². The molecule has 2 amide bonds. The van der Waals surface area contributed by atoms with Crippen LogP contribution in [0.1, 0.15) is 20.3 Å². The van der Waals surface area contributed by atoms with E-state index in [-0.39, 0.29) is 30.0 Å². The van der Waals surface area contributed by atoms with Gasteiger partial charge in [0.1, 0.15) is 5.75 Å². The van der Waals surface area contributed by atoms with E-state index in [2.05, 4.69) is 0 Å². The quantitative estimate of drug-likeness (QED) is 0.560. The molecular weight excluding hydrogens is 318 g/mol. The van der Waals surface area contributed by atoms with E-state index in [1.165, 1.54) is 4.90 Å². The van der Waals surface area contributed by atoms with Crippen molar-refractivity contribution in [1.82, 2.24) is 0 Å². The number of anilines is 1. The Labute approximate surface area is 139 Å². The molecule has 1 fully saturated rings. The lowest BCUT2D eigenvalue weighted by molar-refractivity contribution is -0.139. The molecule has 0 aliphatic carbocycles. The molecule has 0 bridgehead atoms. The van der Waals surface area contributed by atoms with E-state index in [0.29, 0.717) is 24.7 Å². The molecule has 0 N–H and O–H groups in total. The molecule has 1 aliphatic rings. The van der Waals surface area contributed by atoms with Crippen LogP contribution in [0.2, 0.25) is 0 Å². The molecule has 7 heteroatoms. The van der Waals surface area contributed by atoms with Crippen molar-refractivity contribution in [3.05, 3.63) is 24.3 Å². The maximum Gasteiger partial charge on any atom is 0.315 e. The Morgan fingerprint density at radius 3 is 2.52 bits per heavy atom. The van der Waals surface area contributed by atoms with E-state index in [9.17, 15) is 14.4 Å². The number of thioether (sulfide) groups is 1. The zero-order valence-corrected chi connectivity index (χ0v) is 13.9. The number of benzene rings is 1. The first kappa shape index (κ1) is 17.3. The standard InChI is InChI=1S/C16H19NO5S/c1-3-21-12-7-5-11(6-8-12)17-14(18)9-13(16(17)20)23-10-15(19)22-4-2/h5-8,13H,3-4,9-10H2,1-2H3/t13-/m0/s1. The van der Waals surface area contributed by atoms with Crippen LogP contribution in [0.5, 0.6) is 5.75 Å². The van der Waals surface area contributed by atoms with Crippen molar-refractivity contribution in [2.45, 2.75) is 25.5 Å². The van der Waals surface area contributed by atoms with Gasteiger partial charge in [0.05, 0.1) is 29.9 Å². The minimum atomic E-state index is -0.543. The number of esters is 1. The summed E-state index contributed by atoms with van der Waals surface area (Å²) < 4.78 is 10.2. The van der Waals surface area contributed by atoms with E-state index < -0.39 is 5.25 Å². The molecule has 0 unspecified atom stereocenters. The summed E-state index contributed by atoms with van der Waals surface area (Å²) in [4.78, 5) is 37.1. The molecule has 0 spiro atoms. The van der Waals surface area contributed by atoms with E-state index in [1.54, 1.807) is 31.2 Å². The fourth-order valence-electron chi connectivity index (χ4n) is 2.23. The van der Waals surface area contributed by atoms with Gasteiger partial charge in [-0.3, -0.25) is 14.4 Å². The van der Waals surface area contributed by atoms with Gasteiger partial charge in [-0.25, -0.2) is 4.90 Å². The third kappa shape index (κ3) is 4.25. The minimum absolute atomic E-state index is 0.0641. The van der Waals surface area contributed by atoms with Gasteiger partial charge in [0.25, 0.3) is 0 Å². The summed E-state index contributed by atoms with van der Waals surface area (Å²) in [6.45, 7) is 4.45. The van der Waals surface area contributed by atoms with Gasteiger partial charge in [-0.2, -0.15) is 0 Å². The first-order valence-corrected chi connectivity index (χ1v) is 8.48. The van der Waals surface area contributed by atoms with E-state index >= 15 is 0 Å². The Bertz CT molecular complexity index is 587. The molecule has 6 nitrogen and oxygen atoms in total. The van der Waals surface area contributed by atoms with Crippen LogP contribution >= 0.6 is 11.8 Å². The summed E-state index contributed by atoms with van der Waals surface area (Å²) in [6, 6.07) is 6.80. The molecule has 0 aromatic heterocycles. The maximum absolute atomic E-state index is 12.4. The second-order valence-electron chi connectivity index (χ2n) is 4.80. The largest absolute Gasteiger partial charge is 0.494 e. The molecule has 23 heavy (non-hydrogen) atoms. The van der Waals surface area contributed by atoms with Crippen LogP contribution in [0.3, 0.4) is 0 Å². The highest BCUT2D eigenvalue weighted by molar-refractivity contribution is 8.01. The summed E-state index contributed by atoms with van der Waals surface area (Å²) in [5, 5.41) is -0.543. The first-order valence-electron chi connectivity index (χ1n) is 7.43. The minimum Gasteiger partial charge on any atom is -0.494 e. The van der Waals surface area contributed by atoms with Crippen LogP contribution in [-0.4, -0.2) is 42.0 Å². The summed E-state index contributed by atoms with van der Waals surface area (Å²) in [6.07, 6.45) is 0.0934. The molecule has 1 aromatic rings. The smallest absolute Gasteiger partial charge is 0.315 e. The van der Waals surface area contributed by atoms with Crippen molar-refractivity contribution >= 4 is 35.2 Å². The third-order valence-corrected chi connectivity index (χ3v) is 4.39. The monoisotopic (exact) mass is 337 g/mol. The number of hydrogen-bond donors (Lipinski definition) is 0. The van der Waals surface area contributed by atoms with Crippen LogP contribution in [-0.2, 0) is 19.1 Å². The number of amides is 2. The predicted octanol–water partition coefficient (Wildman–Crippen LogP) is 2.01. The van der Waals surface area contributed by atoms with Gasteiger partial charge in [-0.1, -0.05) is 0 Å². The van der Waals surface area contributed by atoms with Gasteiger partial charge in [0.2, 0.25) is 11.8 Å².